The number of hydrogen-bond donors (Lipinski definition) is 0. The van der Waals surface area contributed by atoms with Crippen molar-refractivity contribution >= 4 is 22.6 Å². The SMILES string of the molecule is COc1ccc(Cn2nc(COCCC(=O)N3CCN(c4ncc(C(F)(F)F)cn4)CC3)c3ccccc3c2=O)cc1. The normalized spacial score (nSPS) is 13.9. The lowest BCUT2D eigenvalue weighted by Crippen LogP contribution is -2.49. The average Bonchev–Trinajstić information content (AvgIpc) is 3.01. The number of fused-ring (bicyclic) bond motifs is 1. The molecule has 1 aliphatic rings. The number of carbonyl (C=O) groups excluding carboxylic acids is 1. The van der Waals surface area contributed by atoms with E-state index >= 15 is 0 Å². The summed E-state index contributed by atoms with van der Waals surface area (Å²) in [5, 5.41) is 5.80. The third-order valence-corrected chi connectivity index (χ3v) is 7.02. The van der Waals surface area contributed by atoms with Gasteiger partial charge in [0.1, 0.15) is 5.75 Å². The van der Waals surface area contributed by atoms with Gasteiger partial charge in [0.25, 0.3) is 5.56 Å². The highest BCUT2D eigenvalue weighted by Gasteiger charge is 2.32. The molecule has 1 aliphatic heterocycles. The molecule has 0 aliphatic carbocycles. The number of amides is 1. The van der Waals surface area contributed by atoms with Gasteiger partial charge in [-0.3, -0.25) is 9.59 Å². The van der Waals surface area contributed by atoms with E-state index in [9.17, 15) is 22.8 Å². The number of alkyl halides is 3. The third-order valence-electron chi connectivity index (χ3n) is 7.02. The Morgan fingerprint density at radius 1 is 0.952 bits per heavy atom. The summed E-state index contributed by atoms with van der Waals surface area (Å²) >= 11 is 0. The van der Waals surface area contributed by atoms with Crippen molar-refractivity contribution in [1.29, 1.82) is 0 Å². The van der Waals surface area contributed by atoms with Gasteiger partial charge in [-0.1, -0.05) is 30.3 Å². The highest BCUT2D eigenvalue weighted by molar-refractivity contribution is 5.83. The summed E-state index contributed by atoms with van der Waals surface area (Å²) in [7, 11) is 1.59. The molecule has 0 unspecified atom stereocenters. The van der Waals surface area contributed by atoms with Gasteiger partial charge < -0.3 is 19.3 Å². The molecule has 0 N–H and O–H groups in total. The Morgan fingerprint density at radius 2 is 1.62 bits per heavy atom. The highest BCUT2D eigenvalue weighted by atomic mass is 19.4. The first kappa shape index (κ1) is 29.0. The third kappa shape index (κ3) is 6.68. The molecule has 1 amide bonds. The number of ether oxygens (including phenoxy) is 2. The molecule has 10 nitrogen and oxygen atoms in total. The van der Waals surface area contributed by atoms with Crippen molar-refractivity contribution in [2.75, 3.05) is 44.8 Å². The number of rotatable bonds is 9. The number of nitrogens with zero attached hydrogens (tertiary/aromatic N) is 6. The zero-order valence-electron chi connectivity index (χ0n) is 22.9. The number of aromatic nitrogens is 4. The van der Waals surface area contributed by atoms with E-state index in [1.807, 2.05) is 36.4 Å². The Hall–Kier alpha value is -4.52. The average molecular weight is 583 g/mol. The Labute approximate surface area is 239 Å². The number of piperazine rings is 1. The van der Waals surface area contributed by atoms with Gasteiger partial charge in [-0.15, -0.1) is 0 Å². The van der Waals surface area contributed by atoms with Crippen LogP contribution in [0.3, 0.4) is 0 Å². The molecule has 0 atom stereocenters. The standard InChI is InChI=1S/C29H29F3N6O4/c1-41-22-8-6-20(7-9-22)18-38-27(40)24-5-3-2-4-23(24)25(35-38)19-42-15-10-26(39)36-11-13-37(14-12-36)28-33-16-21(17-34-28)29(30,31)32/h2-9,16-17H,10-15,18-19H2,1H3. The molecule has 0 radical (unpaired) electrons. The van der Waals surface area contributed by atoms with Gasteiger partial charge in [-0.2, -0.15) is 18.3 Å². The largest absolute Gasteiger partial charge is 0.497 e. The van der Waals surface area contributed by atoms with E-state index in [1.54, 1.807) is 29.0 Å². The van der Waals surface area contributed by atoms with E-state index < -0.39 is 11.7 Å². The van der Waals surface area contributed by atoms with Crippen molar-refractivity contribution in [3.05, 3.63) is 88.1 Å². The quantitative estimate of drug-likeness (QED) is 0.277. The lowest BCUT2D eigenvalue weighted by atomic mass is 10.1. The first-order valence-electron chi connectivity index (χ1n) is 13.3. The first-order chi connectivity index (χ1) is 20.2. The second kappa shape index (κ2) is 12.6. The minimum absolute atomic E-state index is 0.0923. The lowest BCUT2D eigenvalue weighted by Gasteiger charge is -2.34. The van der Waals surface area contributed by atoms with Gasteiger partial charge in [-0.05, 0) is 23.8 Å². The molecule has 3 heterocycles. The summed E-state index contributed by atoms with van der Waals surface area (Å²) in [6, 6.07) is 14.6. The van der Waals surface area contributed by atoms with Gasteiger partial charge in [0, 0.05) is 44.0 Å². The Morgan fingerprint density at radius 3 is 2.26 bits per heavy atom. The van der Waals surface area contributed by atoms with Crippen LogP contribution in [-0.4, -0.2) is 70.5 Å². The molecule has 1 fully saturated rings. The maximum Gasteiger partial charge on any atom is 0.419 e. The van der Waals surface area contributed by atoms with Crippen LogP contribution in [-0.2, 0) is 28.9 Å². The fraction of sp³-hybridized carbons (Fsp3) is 0.345. The van der Waals surface area contributed by atoms with Crippen molar-refractivity contribution in [1.82, 2.24) is 24.6 Å². The topological polar surface area (TPSA) is 103 Å². The van der Waals surface area contributed by atoms with E-state index in [0.29, 0.717) is 42.6 Å². The van der Waals surface area contributed by atoms with E-state index in [0.717, 1.165) is 23.7 Å². The van der Waals surface area contributed by atoms with Crippen molar-refractivity contribution in [2.45, 2.75) is 25.7 Å². The van der Waals surface area contributed by atoms with Gasteiger partial charge in [0.2, 0.25) is 11.9 Å². The van der Waals surface area contributed by atoms with Crippen LogP contribution < -0.4 is 15.2 Å². The highest BCUT2D eigenvalue weighted by Crippen LogP contribution is 2.28. The molecule has 220 valence electrons. The number of benzene rings is 2. The van der Waals surface area contributed by atoms with E-state index in [2.05, 4.69) is 15.1 Å². The molecule has 0 spiro atoms. The van der Waals surface area contributed by atoms with Crippen molar-refractivity contribution in [3.63, 3.8) is 0 Å². The molecule has 1 saturated heterocycles. The monoisotopic (exact) mass is 582 g/mol. The predicted octanol–water partition coefficient (Wildman–Crippen LogP) is 3.52. The Kier molecular flexibility index (Phi) is 8.67. The molecule has 5 rings (SSSR count). The van der Waals surface area contributed by atoms with Gasteiger partial charge in [0.05, 0.1) is 49.9 Å². The van der Waals surface area contributed by atoms with Crippen molar-refractivity contribution in [3.8, 4) is 5.75 Å². The van der Waals surface area contributed by atoms with Crippen molar-refractivity contribution in [2.24, 2.45) is 0 Å². The second-order valence-electron chi connectivity index (χ2n) is 9.74. The summed E-state index contributed by atoms with van der Waals surface area (Å²) in [5.41, 5.74) is 0.375. The number of anilines is 1. The second-order valence-corrected chi connectivity index (χ2v) is 9.74. The Balaban J connectivity index is 1.15. The predicted molar refractivity (Wildman–Crippen MR) is 148 cm³/mol. The minimum Gasteiger partial charge on any atom is -0.497 e. The minimum atomic E-state index is -4.49. The van der Waals surface area contributed by atoms with Crippen LogP contribution in [0.15, 0.2) is 65.7 Å². The Bertz CT molecular complexity index is 1580. The van der Waals surface area contributed by atoms with Crippen LogP contribution in [0.1, 0.15) is 23.2 Å². The van der Waals surface area contributed by atoms with Crippen LogP contribution in [0, 0.1) is 0 Å². The molecule has 0 bridgehead atoms. The first-order valence-corrected chi connectivity index (χ1v) is 13.3. The van der Waals surface area contributed by atoms with Crippen molar-refractivity contribution < 1.29 is 27.4 Å². The molecule has 42 heavy (non-hydrogen) atoms. The molecule has 0 saturated carbocycles. The maximum absolute atomic E-state index is 13.1. The summed E-state index contributed by atoms with van der Waals surface area (Å²) in [5.74, 6) is 0.827. The van der Waals surface area contributed by atoms with Crippen LogP contribution in [0.2, 0.25) is 0 Å². The molecule has 13 heteroatoms. The molecular weight excluding hydrogens is 553 g/mol. The van der Waals surface area contributed by atoms with Crippen LogP contribution >= 0.6 is 0 Å². The fourth-order valence-corrected chi connectivity index (χ4v) is 4.70. The summed E-state index contributed by atoms with van der Waals surface area (Å²) < 4.78 is 50.7. The number of hydrogen-bond acceptors (Lipinski definition) is 8. The van der Waals surface area contributed by atoms with Crippen LogP contribution in [0.25, 0.3) is 10.8 Å². The lowest BCUT2D eigenvalue weighted by molar-refractivity contribution is -0.138. The van der Waals surface area contributed by atoms with Gasteiger partial charge >= 0.3 is 6.18 Å². The molecule has 2 aromatic heterocycles. The van der Waals surface area contributed by atoms with Crippen LogP contribution in [0.4, 0.5) is 19.1 Å². The number of carbonyl (C=O) groups is 1. The van der Waals surface area contributed by atoms with Gasteiger partial charge in [0.15, 0.2) is 0 Å². The molecular formula is C29H29F3N6O4. The van der Waals surface area contributed by atoms with Gasteiger partial charge in [-0.25, -0.2) is 14.6 Å². The molecule has 4 aromatic rings. The summed E-state index contributed by atoms with van der Waals surface area (Å²) in [4.78, 5) is 37.0. The van der Waals surface area contributed by atoms with Crippen LogP contribution in [0.5, 0.6) is 5.75 Å². The number of methoxy groups -OCH3 is 1. The number of halogens is 3. The maximum atomic E-state index is 13.1. The zero-order valence-corrected chi connectivity index (χ0v) is 22.9. The van der Waals surface area contributed by atoms with E-state index in [-0.39, 0.29) is 43.6 Å². The smallest absolute Gasteiger partial charge is 0.419 e. The van der Waals surface area contributed by atoms with E-state index in [1.165, 1.54) is 4.68 Å². The van der Waals surface area contributed by atoms with E-state index in [4.69, 9.17) is 9.47 Å². The molecule has 2 aromatic carbocycles. The zero-order chi connectivity index (χ0) is 29.7. The summed E-state index contributed by atoms with van der Waals surface area (Å²) in [6.45, 7) is 2.16. The summed E-state index contributed by atoms with van der Waals surface area (Å²) in [6.07, 6.45) is -2.81. The fourth-order valence-electron chi connectivity index (χ4n) is 4.70.